The van der Waals surface area contributed by atoms with Crippen molar-refractivity contribution >= 4 is 16.5 Å². The summed E-state index contributed by atoms with van der Waals surface area (Å²) in [5, 5.41) is 12.7. The lowest BCUT2D eigenvalue weighted by Crippen LogP contribution is -1.99. The lowest BCUT2D eigenvalue weighted by Gasteiger charge is -2.05. The van der Waals surface area contributed by atoms with Crippen LogP contribution < -0.4 is 5.32 Å². The standard InChI is InChI=1S/C13H13N3S/c1-9-3-4-11(5-10(9)2)7-15-13-16-8-12(6-14)17-13/h3-5,8H,7H2,1-2H3,(H,15,16). The van der Waals surface area contributed by atoms with Crippen LogP contribution >= 0.6 is 11.3 Å². The largest absolute Gasteiger partial charge is 0.357 e. The SMILES string of the molecule is Cc1ccc(CNc2ncc(C#N)s2)cc1C. The molecule has 1 aromatic heterocycles. The summed E-state index contributed by atoms with van der Waals surface area (Å²) in [6, 6.07) is 8.47. The van der Waals surface area contributed by atoms with Gasteiger partial charge in [-0.15, -0.1) is 0 Å². The molecule has 0 saturated carbocycles. The summed E-state index contributed by atoms with van der Waals surface area (Å²) in [5.41, 5.74) is 3.82. The average molecular weight is 243 g/mol. The number of aromatic nitrogens is 1. The van der Waals surface area contributed by atoms with Crippen molar-refractivity contribution in [2.24, 2.45) is 0 Å². The summed E-state index contributed by atoms with van der Waals surface area (Å²) in [4.78, 5) is 4.76. The fraction of sp³-hybridized carbons (Fsp3) is 0.231. The van der Waals surface area contributed by atoms with Gasteiger partial charge in [0.2, 0.25) is 0 Å². The Morgan fingerprint density at radius 3 is 2.82 bits per heavy atom. The zero-order valence-corrected chi connectivity index (χ0v) is 10.6. The number of aryl methyl sites for hydroxylation is 2. The molecular formula is C13H13N3S. The third-order valence-electron chi connectivity index (χ3n) is 2.63. The maximum Gasteiger partial charge on any atom is 0.184 e. The van der Waals surface area contributed by atoms with Gasteiger partial charge in [0.05, 0.1) is 6.20 Å². The van der Waals surface area contributed by atoms with Crippen LogP contribution in [0.3, 0.4) is 0 Å². The Kier molecular flexibility index (Phi) is 3.40. The van der Waals surface area contributed by atoms with Gasteiger partial charge in [0.1, 0.15) is 10.9 Å². The fourth-order valence-electron chi connectivity index (χ4n) is 1.50. The van der Waals surface area contributed by atoms with Crippen molar-refractivity contribution in [3.8, 4) is 6.07 Å². The van der Waals surface area contributed by atoms with E-state index in [1.165, 1.54) is 28.0 Å². The molecule has 0 aliphatic carbocycles. The lowest BCUT2D eigenvalue weighted by atomic mass is 10.1. The number of nitriles is 1. The topological polar surface area (TPSA) is 48.7 Å². The highest BCUT2D eigenvalue weighted by Gasteiger charge is 2.01. The Labute approximate surface area is 105 Å². The van der Waals surface area contributed by atoms with Crippen molar-refractivity contribution in [1.82, 2.24) is 4.98 Å². The van der Waals surface area contributed by atoms with Crippen LogP contribution in [0.4, 0.5) is 5.13 Å². The molecule has 1 heterocycles. The van der Waals surface area contributed by atoms with E-state index in [-0.39, 0.29) is 0 Å². The monoisotopic (exact) mass is 243 g/mol. The van der Waals surface area contributed by atoms with Gasteiger partial charge >= 0.3 is 0 Å². The predicted octanol–water partition coefficient (Wildman–Crippen LogP) is 3.24. The summed E-state index contributed by atoms with van der Waals surface area (Å²) in [7, 11) is 0. The van der Waals surface area contributed by atoms with Crippen LogP contribution in [0.1, 0.15) is 21.6 Å². The van der Waals surface area contributed by atoms with Gasteiger partial charge in [0.15, 0.2) is 5.13 Å². The first-order valence-electron chi connectivity index (χ1n) is 5.35. The molecule has 0 radical (unpaired) electrons. The minimum Gasteiger partial charge on any atom is -0.357 e. The third kappa shape index (κ3) is 2.83. The average Bonchev–Trinajstić information content (AvgIpc) is 2.79. The molecule has 0 unspecified atom stereocenters. The summed E-state index contributed by atoms with van der Waals surface area (Å²) < 4.78 is 0. The summed E-state index contributed by atoms with van der Waals surface area (Å²) in [6.45, 7) is 4.95. The minimum absolute atomic E-state index is 0.632. The zero-order valence-electron chi connectivity index (χ0n) is 9.82. The fourth-order valence-corrected chi connectivity index (χ4v) is 2.11. The van der Waals surface area contributed by atoms with Crippen LogP contribution in [0.15, 0.2) is 24.4 Å². The van der Waals surface area contributed by atoms with E-state index in [2.05, 4.69) is 48.4 Å². The van der Waals surface area contributed by atoms with E-state index >= 15 is 0 Å². The van der Waals surface area contributed by atoms with Gasteiger partial charge < -0.3 is 5.32 Å². The molecule has 1 N–H and O–H groups in total. The van der Waals surface area contributed by atoms with Gasteiger partial charge in [-0.05, 0) is 30.5 Å². The first-order valence-corrected chi connectivity index (χ1v) is 6.16. The number of rotatable bonds is 3. The predicted molar refractivity (Wildman–Crippen MR) is 70.1 cm³/mol. The van der Waals surface area contributed by atoms with E-state index < -0.39 is 0 Å². The lowest BCUT2D eigenvalue weighted by molar-refractivity contribution is 1.12. The highest BCUT2D eigenvalue weighted by Crippen LogP contribution is 2.18. The Morgan fingerprint density at radius 2 is 2.18 bits per heavy atom. The molecule has 4 heteroatoms. The van der Waals surface area contributed by atoms with Crippen molar-refractivity contribution < 1.29 is 0 Å². The van der Waals surface area contributed by atoms with E-state index in [9.17, 15) is 0 Å². The molecule has 2 rings (SSSR count). The second kappa shape index (κ2) is 4.98. The molecule has 0 amide bonds. The molecule has 0 spiro atoms. The molecule has 1 aromatic carbocycles. The first-order chi connectivity index (χ1) is 8.19. The number of nitrogens with zero attached hydrogens (tertiary/aromatic N) is 2. The van der Waals surface area contributed by atoms with Gasteiger partial charge in [0, 0.05) is 6.54 Å². The zero-order chi connectivity index (χ0) is 12.3. The van der Waals surface area contributed by atoms with Crippen LogP contribution in [0.2, 0.25) is 0 Å². The number of hydrogen-bond acceptors (Lipinski definition) is 4. The molecule has 0 bridgehead atoms. The summed E-state index contributed by atoms with van der Waals surface area (Å²) in [6.07, 6.45) is 1.59. The molecule has 3 nitrogen and oxygen atoms in total. The minimum atomic E-state index is 0.632. The van der Waals surface area contributed by atoms with Crippen molar-refractivity contribution in [2.75, 3.05) is 5.32 Å². The van der Waals surface area contributed by atoms with Crippen molar-refractivity contribution in [3.63, 3.8) is 0 Å². The molecule has 0 atom stereocenters. The second-order valence-corrected chi connectivity index (χ2v) is 4.94. The quantitative estimate of drug-likeness (QED) is 0.900. The Balaban J connectivity index is 2.02. The Hall–Kier alpha value is -1.86. The van der Waals surface area contributed by atoms with Crippen LogP contribution in [-0.2, 0) is 6.54 Å². The Morgan fingerprint density at radius 1 is 1.35 bits per heavy atom. The van der Waals surface area contributed by atoms with Gasteiger partial charge in [-0.3, -0.25) is 0 Å². The maximum atomic E-state index is 8.70. The number of anilines is 1. The third-order valence-corrected chi connectivity index (χ3v) is 3.49. The van der Waals surface area contributed by atoms with Crippen molar-refractivity contribution in [1.29, 1.82) is 5.26 Å². The molecular weight excluding hydrogens is 230 g/mol. The van der Waals surface area contributed by atoms with E-state index in [1.807, 2.05) is 0 Å². The van der Waals surface area contributed by atoms with Crippen LogP contribution in [0, 0.1) is 25.2 Å². The van der Waals surface area contributed by atoms with E-state index in [0.29, 0.717) is 4.88 Å². The highest BCUT2D eigenvalue weighted by molar-refractivity contribution is 7.16. The first kappa shape index (κ1) is 11.6. The van der Waals surface area contributed by atoms with Gasteiger partial charge in [-0.1, -0.05) is 29.5 Å². The number of nitrogens with one attached hydrogen (secondary N) is 1. The van der Waals surface area contributed by atoms with Gasteiger partial charge in [-0.2, -0.15) is 5.26 Å². The normalized spacial score (nSPS) is 9.94. The molecule has 0 saturated heterocycles. The summed E-state index contributed by atoms with van der Waals surface area (Å²) in [5.74, 6) is 0. The van der Waals surface area contributed by atoms with E-state index in [0.717, 1.165) is 11.7 Å². The molecule has 86 valence electrons. The second-order valence-electron chi connectivity index (χ2n) is 3.91. The summed E-state index contributed by atoms with van der Waals surface area (Å²) >= 11 is 1.38. The number of benzene rings is 1. The molecule has 2 aromatic rings. The van der Waals surface area contributed by atoms with Crippen molar-refractivity contribution in [2.45, 2.75) is 20.4 Å². The van der Waals surface area contributed by atoms with E-state index in [4.69, 9.17) is 5.26 Å². The smallest absolute Gasteiger partial charge is 0.184 e. The van der Waals surface area contributed by atoms with Crippen molar-refractivity contribution in [3.05, 3.63) is 46.0 Å². The highest BCUT2D eigenvalue weighted by atomic mass is 32.1. The van der Waals surface area contributed by atoms with Crippen LogP contribution in [0.25, 0.3) is 0 Å². The maximum absolute atomic E-state index is 8.70. The molecule has 0 aliphatic rings. The number of hydrogen-bond donors (Lipinski definition) is 1. The molecule has 0 aliphatic heterocycles. The molecule has 17 heavy (non-hydrogen) atoms. The molecule has 0 fully saturated rings. The van der Waals surface area contributed by atoms with Gasteiger partial charge in [-0.25, -0.2) is 4.98 Å². The van der Waals surface area contributed by atoms with E-state index in [1.54, 1.807) is 6.20 Å². The number of thiazole rings is 1. The van der Waals surface area contributed by atoms with Crippen LogP contribution in [-0.4, -0.2) is 4.98 Å². The van der Waals surface area contributed by atoms with Gasteiger partial charge in [0.25, 0.3) is 0 Å². The van der Waals surface area contributed by atoms with Crippen LogP contribution in [0.5, 0.6) is 0 Å². The Bertz CT molecular complexity index is 566.